The second kappa shape index (κ2) is 5.50. The third-order valence-corrected chi connectivity index (χ3v) is 5.83. The smallest absolute Gasteiger partial charge is 0.0695 e. The molecule has 1 heterocycles. The zero-order valence-electron chi connectivity index (χ0n) is 12.7. The van der Waals surface area contributed by atoms with E-state index in [0.29, 0.717) is 17.5 Å². The minimum Gasteiger partial charge on any atom is -0.391 e. The van der Waals surface area contributed by atoms with Crippen molar-refractivity contribution in [2.45, 2.75) is 84.4 Å². The molecule has 0 aromatic carbocycles. The molecule has 1 N–H and O–H groups in total. The first-order valence-electron chi connectivity index (χ1n) is 7.89. The van der Waals surface area contributed by atoms with Crippen LogP contribution in [0.5, 0.6) is 0 Å². The number of aliphatic hydroxyl groups excluding tert-OH is 1. The Balaban J connectivity index is 2.05. The zero-order chi connectivity index (χ0) is 13.3. The van der Waals surface area contributed by atoms with Gasteiger partial charge in [-0.05, 0) is 56.9 Å². The first-order chi connectivity index (χ1) is 8.45. The standard InChI is InChI=1S/C16H31NO/c1-5-16(3,4)13-8-9-15(18)14(11-13)17-10-6-7-12(17)2/h12-15,18H,5-11H2,1-4H3. The average molecular weight is 253 g/mol. The molecule has 0 aromatic heterocycles. The van der Waals surface area contributed by atoms with Crippen molar-refractivity contribution in [3.8, 4) is 0 Å². The van der Waals surface area contributed by atoms with Crippen molar-refractivity contribution in [3.05, 3.63) is 0 Å². The van der Waals surface area contributed by atoms with Crippen molar-refractivity contribution in [3.63, 3.8) is 0 Å². The lowest BCUT2D eigenvalue weighted by Crippen LogP contribution is -2.50. The van der Waals surface area contributed by atoms with Crippen LogP contribution in [0, 0.1) is 11.3 Å². The molecule has 2 aliphatic rings. The lowest BCUT2D eigenvalue weighted by Gasteiger charge is -2.45. The Hall–Kier alpha value is -0.0800. The molecule has 0 spiro atoms. The summed E-state index contributed by atoms with van der Waals surface area (Å²) in [5, 5.41) is 10.4. The van der Waals surface area contributed by atoms with Crippen LogP contribution in [-0.4, -0.2) is 34.7 Å². The Morgan fingerprint density at radius 2 is 1.94 bits per heavy atom. The van der Waals surface area contributed by atoms with Crippen LogP contribution in [-0.2, 0) is 0 Å². The van der Waals surface area contributed by atoms with Crippen LogP contribution in [0.2, 0.25) is 0 Å². The molecule has 1 aliphatic carbocycles. The van der Waals surface area contributed by atoms with Gasteiger partial charge in [-0.25, -0.2) is 0 Å². The summed E-state index contributed by atoms with van der Waals surface area (Å²) in [4.78, 5) is 2.59. The largest absolute Gasteiger partial charge is 0.391 e. The molecule has 2 fully saturated rings. The van der Waals surface area contributed by atoms with Crippen LogP contribution in [0.3, 0.4) is 0 Å². The number of rotatable bonds is 3. The van der Waals surface area contributed by atoms with Crippen molar-refractivity contribution in [2.75, 3.05) is 6.54 Å². The average Bonchev–Trinajstić information content (AvgIpc) is 2.76. The van der Waals surface area contributed by atoms with Gasteiger partial charge in [0.05, 0.1) is 6.10 Å². The highest BCUT2D eigenvalue weighted by atomic mass is 16.3. The highest BCUT2D eigenvalue weighted by molar-refractivity contribution is 4.94. The molecule has 2 nitrogen and oxygen atoms in total. The van der Waals surface area contributed by atoms with Gasteiger partial charge in [0.25, 0.3) is 0 Å². The summed E-state index contributed by atoms with van der Waals surface area (Å²) in [6.45, 7) is 10.6. The van der Waals surface area contributed by atoms with Gasteiger partial charge in [-0.3, -0.25) is 4.90 Å². The molecule has 0 aromatic rings. The van der Waals surface area contributed by atoms with E-state index in [0.717, 1.165) is 12.3 Å². The third-order valence-electron chi connectivity index (χ3n) is 5.83. The first-order valence-corrected chi connectivity index (χ1v) is 7.89. The molecule has 4 unspecified atom stereocenters. The summed E-state index contributed by atoms with van der Waals surface area (Å²) in [5.41, 5.74) is 0.432. The van der Waals surface area contributed by atoms with Gasteiger partial charge in [0, 0.05) is 12.1 Å². The lowest BCUT2D eigenvalue weighted by molar-refractivity contribution is -0.0233. The fourth-order valence-electron chi connectivity index (χ4n) is 3.93. The van der Waals surface area contributed by atoms with Crippen molar-refractivity contribution in [1.29, 1.82) is 0 Å². The van der Waals surface area contributed by atoms with Gasteiger partial charge in [0.15, 0.2) is 0 Å². The highest BCUT2D eigenvalue weighted by Crippen LogP contribution is 2.42. The highest BCUT2D eigenvalue weighted by Gasteiger charge is 2.40. The molecule has 4 atom stereocenters. The van der Waals surface area contributed by atoms with Gasteiger partial charge in [-0.2, -0.15) is 0 Å². The molecule has 0 amide bonds. The Labute approximate surface area is 113 Å². The van der Waals surface area contributed by atoms with Gasteiger partial charge in [-0.1, -0.05) is 27.2 Å². The van der Waals surface area contributed by atoms with E-state index in [-0.39, 0.29) is 6.10 Å². The van der Waals surface area contributed by atoms with Crippen molar-refractivity contribution in [1.82, 2.24) is 4.90 Å². The minimum absolute atomic E-state index is 0.0885. The van der Waals surface area contributed by atoms with E-state index in [1.54, 1.807) is 0 Å². The third kappa shape index (κ3) is 2.75. The van der Waals surface area contributed by atoms with Crippen LogP contribution in [0.15, 0.2) is 0 Å². The zero-order valence-corrected chi connectivity index (χ0v) is 12.7. The van der Waals surface area contributed by atoms with Gasteiger partial charge >= 0.3 is 0 Å². The maximum absolute atomic E-state index is 10.4. The molecule has 106 valence electrons. The second-order valence-electron chi connectivity index (χ2n) is 7.22. The predicted molar refractivity (Wildman–Crippen MR) is 76.6 cm³/mol. The van der Waals surface area contributed by atoms with Crippen LogP contribution < -0.4 is 0 Å². The first kappa shape index (κ1) is 14.3. The SMILES string of the molecule is CCC(C)(C)C1CCC(O)C(N2CCCC2C)C1. The van der Waals surface area contributed by atoms with E-state index < -0.39 is 0 Å². The molecule has 0 bridgehead atoms. The van der Waals surface area contributed by atoms with Gasteiger partial charge in [-0.15, -0.1) is 0 Å². The number of hydrogen-bond donors (Lipinski definition) is 1. The summed E-state index contributed by atoms with van der Waals surface area (Å²) in [5.74, 6) is 0.781. The number of nitrogens with zero attached hydrogens (tertiary/aromatic N) is 1. The van der Waals surface area contributed by atoms with Crippen LogP contribution in [0.4, 0.5) is 0 Å². The summed E-state index contributed by atoms with van der Waals surface area (Å²) < 4.78 is 0. The molecule has 1 aliphatic heterocycles. The predicted octanol–water partition coefficient (Wildman–Crippen LogP) is 3.44. The molecule has 2 rings (SSSR count). The summed E-state index contributed by atoms with van der Waals surface area (Å²) in [6, 6.07) is 1.10. The van der Waals surface area contributed by atoms with Crippen molar-refractivity contribution >= 4 is 0 Å². The number of hydrogen-bond acceptors (Lipinski definition) is 2. The van der Waals surface area contributed by atoms with Crippen LogP contribution in [0.25, 0.3) is 0 Å². The fraction of sp³-hybridized carbons (Fsp3) is 1.00. The van der Waals surface area contributed by atoms with Crippen molar-refractivity contribution < 1.29 is 5.11 Å². The molecular weight excluding hydrogens is 222 g/mol. The van der Waals surface area contributed by atoms with Crippen LogP contribution in [0.1, 0.15) is 66.2 Å². The van der Waals surface area contributed by atoms with E-state index in [1.807, 2.05) is 0 Å². The second-order valence-corrected chi connectivity index (χ2v) is 7.22. The Bertz CT molecular complexity index is 276. The fourth-order valence-corrected chi connectivity index (χ4v) is 3.93. The lowest BCUT2D eigenvalue weighted by atomic mass is 9.67. The number of aliphatic hydroxyl groups is 1. The Morgan fingerprint density at radius 3 is 2.50 bits per heavy atom. The summed E-state index contributed by atoms with van der Waals surface area (Å²) in [7, 11) is 0. The van der Waals surface area contributed by atoms with Crippen molar-refractivity contribution in [2.24, 2.45) is 11.3 Å². The monoisotopic (exact) mass is 253 g/mol. The molecule has 1 saturated carbocycles. The minimum atomic E-state index is -0.0885. The molecule has 0 radical (unpaired) electrons. The van der Waals surface area contributed by atoms with Gasteiger partial charge in [0.1, 0.15) is 0 Å². The summed E-state index contributed by atoms with van der Waals surface area (Å²) in [6.07, 6.45) is 7.19. The maximum atomic E-state index is 10.4. The summed E-state index contributed by atoms with van der Waals surface area (Å²) >= 11 is 0. The normalized spacial score (nSPS) is 39.2. The molecule has 2 heteroatoms. The number of likely N-dealkylation sites (tertiary alicyclic amines) is 1. The van der Waals surface area contributed by atoms with E-state index >= 15 is 0 Å². The van der Waals surface area contributed by atoms with E-state index in [9.17, 15) is 5.11 Å². The van der Waals surface area contributed by atoms with Gasteiger partial charge in [0.2, 0.25) is 0 Å². The molecule has 18 heavy (non-hydrogen) atoms. The molecule has 1 saturated heterocycles. The molecular formula is C16H31NO. The Morgan fingerprint density at radius 1 is 1.22 bits per heavy atom. The maximum Gasteiger partial charge on any atom is 0.0695 e. The van der Waals surface area contributed by atoms with E-state index in [1.165, 1.54) is 38.6 Å². The topological polar surface area (TPSA) is 23.5 Å². The van der Waals surface area contributed by atoms with Crippen LogP contribution >= 0.6 is 0 Å². The van der Waals surface area contributed by atoms with Gasteiger partial charge < -0.3 is 5.11 Å². The quantitative estimate of drug-likeness (QED) is 0.833. The Kier molecular flexibility index (Phi) is 4.38. The van der Waals surface area contributed by atoms with E-state index in [4.69, 9.17) is 0 Å². The van der Waals surface area contributed by atoms with E-state index in [2.05, 4.69) is 32.6 Å².